The molecule has 0 fully saturated rings. The SMILES string of the molecule is Cc1ccc(N(c2ccc(C)cc2)c2ccc(CCC(C)(c3ccc(O)cc3)c3ccc(O)cc3)cc2)cc1. The highest BCUT2D eigenvalue weighted by Crippen LogP contribution is 2.39. The third-order valence-corrected chi connectivity index (χ3v) is 7.70. The molecule has 0 aliphatic carbocycles. The zero-order valence-corrected chi connectivity index (χ0v) is 22.8. The Kier molecular flexibility index (Phi) is 7.42. The molecule has 0 unspecified atom stereocenters. The number of phenolic OH excluding ortho intramolecular Hbond substituents is 2. The first-order chi connectivity index (χ1) is 18.8. The number of benzene rings is 5. The van der Waals surface area contributed by atoms with Crippen LogP contribution in [0.15, 0.2) is 121 Å². The smallest absolute Gasteiger partial charge is 0.115 e. The van der Waals surface area contributed by atoms with Crippen molar-refractivity contribution in [1.29, 1.82) is 0 Å². The van der Waals surface area contributed by atoms with Crippen LogP contribution in [0.1, 0.15) is 41.2 Å². The molecule has 5 rings (SSSR count). The number of rotatable bonds is 8. The number of hydrogen-bond acceptors (Lipinski definition) is 3. The van der Waals surface area contributed by atoms with Gasteiger partial charge in [0.2, 0.25) is 0 Å². The van der Waals surface area contributed by atoms with Gasteiger partial charge in [-0.25, -0.2) is 0 Å². The molecule has 0 spiro atoms. The third-order valence-electron chi connectivity index (χ3n) is 7.70. The van der Waals surface area contributed by atoms with E-state index in [1.807, 2.05) is 24.3 Å². The van der Waals surface area contributed by atoms with Crippen LogP contribution in [0, 0.1) is 13.8 Å². The first-order valence-corrected chi connectivity index (χ1v) is 13.4. The van der Waals surface area contributed by atoms with Gasteiger partial charge >= 0.3 is 0 Å². The summed E-state index contributed by atoms with van der Waals surface area (Å²) in [6, 6.07) is 41.1. The summed E-state index contributed by atoms with van der Waals surface area (Å²) >= 11 is 0. The lowest BCUT2D eigenvalue weighted by Crippen LogP contribution is -2.24. The Hall–Kier alpha value is -4.50. The van der Waals surface area contributed by atoms with Gasteiger partial charge in [-0.2, -0.15) is 0 Å². The minimum absolute atomic E-state index is 0.258. The van der Waals surface area contributed by atoms with Gasteiger partial charge in [0.1, 0.15) is 11.5 Å². The van der Waals surface area contributed by atoms with Crippen molar-refractivity contribution in [2.45, 2.75) is 39.0 Å². The van der Waals surface area contributed by atoms with E-state index in [-0.39, 0.29) is 16.9 Å². The van der Waals surface area contributed by atoms with Gasteiger partial charge in [0.15, 0.2) is 0 Å². The number of phenols is 2. The second kappa shape index (κ2) is 11.1. The molecule has 39 heavy (non-hydrogen) atoms. The highest BCUT2D eigenvalue weighted by molar-refractivity contribution is 5.76. The molecule has 0 aromatic heterocycles. The largest absolute Gasteiger partial charge is 0.508 e. The summed E-state index contributed by atoms with van der Waals surface area (Å²) in [5, 5.41) is 19.7. The second-order valence-electron chi connectivity index (χ2n) is 10.6. The molecule has 0 aliphatic heterocycles. The zero-order valence-electron chi connectivity index (χ0n) is 22.8. The van der Waals surface area contributed by atoms with Gasteiger partial charge in [-0.15, -0.1) is 0 Å². The molecule has 3 nitrogen and oxygen atoms in total. The molecule has 0 saturated heterocycles. The quantitative estimate of drug-likeness (QED) is 0.217. The van der Waals surface area contributed by atoms with E-state index in [0.29, 0.717) is 0 Å². The average Bonchev–Trinajstić information content (AvgIpc) is 2.95. The predicted octanol–water partition coefficient (Wildman–Crippen LogP) is 9.12. The van der Waals surface area contributed by atoms with Gasteiger partial charge in [0.25, 0.3) is 0 Å². The highest BCUT2D eigenvalue weighted by atomic mass is 16.3. The molecule has 0 aliphatic rings. The molecule has 5 aromatic rings. The summed E-state index contributed by atoms with van der Waals surface area (Å²) in [7, 11) is 0. The number of nitrogens with zero attached hydrogens (tertiary/aromatic N) is 1. The van der Waals surface area contributed by atoms with E-state index in [9.17, 15) is 10.2 Å². The van der Waals surface area contributed by atoms with Gasteiger partial charge in [-0.1, -0.05) is 78.7 Å². The van der Waals surface area contributed by atoms with Crippen LogP contribution in [-0.4, -0.2) is 10.2 Å². The fraction of sp³-hybridized carbons (Fsp3) is 0.167. The van der Waals surface area contributed by atoms with E-state index in [4.69, 9.17) is 0 Å². The van der Waals surface area contributed by atoms with Crippen molar-refractivity contribution in [3.8, 4) is 11.5 Å². The number of aromatic hydroxyl groups is 2. The standard InChI is InChI=1S/C36H35NO2/c1-26-4-14-31(15-5-26)37(32-16-6-27(2)7-17-32)33-18-8-28(9-19-33)24-25-36(3,29-10-20-34(38)21-11-29)30-12-22-35(39)23-13-30/h4-23,38-39H,24-25H2,1-3H3. The van der Waals surface area contributed by atoms with Crippen LogP contribution in [0.5, 0.6) is 11.5 Å². The van der Waals surface area contributed by atoms with E-state index in [0.717, 1.165) is 41.0 Å². The lowest BCUT2D eigenvalue weighted by Gasteiger charge is -2.31. The van der Waals surface area contributed by atoms with Crippen molar-refractivity contribution >= 4 is 17.1 Å². The van der Waals surface area contributed by atoms with E-state index >= 15 is 0 Å². The maximum atomic E-state index is 9.86. The van der Waals surface area contributed by atoms with Crippen molar-refractivity contribution in [3.63, 3.8) is 0 Å². The lowest BCUT2D eigenvalue weighted by atomic mass is 9.72. The summed E-state index contributed by atoms with van der Waals surface area (Å²) in [5.41, 5.74) is 9.10. The Bertz CT molecular complexity index is 1410. The Morgan fingerprint density at radius 1 is 0.513 bits per heavy atom. The van der Waals surface area contributed by atoms with Crippen molar-refractivity contribution in [1.82, 2.24) is 0 Å². The lowest BCUT2D eigenvalue weighted by molar-refractivity contribution is 0.470. The number of hydrogen-bond donors (Lipinski definition) is 2. The molecule has 0 heterocycles. The Morgan fingerprint density at radius 2 is 0.872 bits per heavy atom. The summed E-state index contributed by atoms with van der Waals surface area (Å²) in [5.74, 6) is 0.517. The molecule has 0 atom stereocenters. The zero-order chi connectivity index (χ0) is 27.4. The minimum atomic E-state index is -0.282. The maximum absolute atomic E-state index is 9.86. The van der Waals surface area contributed by atoms with Gasteiger partial charge in [-0.05, 0) is 104 Å². The van der Waals surface area contributed by atoms with Crippen LogP contribution in [0.25, 0.3) is 0 Å². The minimum Gasteiger partial charge on any atom is -0.508 e. The number of anilines is 3. The normalized spacial score (nSPS) is 11.4. The van der Waals surface area contributed by atoms with E-state index in [1.165, 1.54) is 16.7 Å². The van der Waals surface area contributed by atoms with E-state index in [2.05, 4.69) is 98.5 Å². The molecular formula is C36H35NO2. The van der Waals surface area contributed by atoms with Crippen LogP contribution >= 0.6 is 0 Å². The monoisotopic (exact) mass is 513 g/mol. The van der Waals surface area contributed by atoms with Gasteiger partial charge in [-0.3, -0.25) is 0 Å². The third kappa shape index (κ3) is 5.83. The van der Waals surface area contributed by atoms with Crippen molar-refractivity contribution in [3.05, 3.63) is 149 Å². The van der Waals surface area contributed by atoms with Crippen LogP contribution in [-0.2, 0) is 11.8 Å². The summed E-state index contributed by atoms with van der Waals surface area (Å²) in [6.07, 6.45) is 1.76. The highest BCUT2D eigenvalue weighted by Gasteiger charge is 2.29. The molecule has 5 aromatic carbocycles. The predicted molar refractivity (Wildman–Crippen MR) is 162 cm³/mol. The molecule has 0 saturated carbocycles. The summed E-state index contributed by atoms with van der Waals surface area (Å²) in [4.78, 5) is 2.29. The van der Waals surface area contributed by atoms with Crippen molar-refractivity contribution < 1.29 is 10.2 Å². The topological polar surface area (TPSA) is 43.7 Å². The van der Waals surface area contributed by atoms with Gasteiger partial charge < -0.3 is 15.1 Å². The number of aryl methyl sites for hydroxylation is 3. The van der Waals surface area contributed by atoms with E-state index in [1.54, 1.807) is 24.3 Å². The Labute approximate surface area is 231 Å². The average molecular weight is 514 g/mol. The van der Waals surface area contributed by atoms with Gasteiger partial charge in [0.05, 0.1) is 0 Å². The molecular weight excluding hydrogens is 478 g/mol. The molecule has 0 amide bonds. The first kappa shape index (κ1) is 26.1. The van der Waals surface area contributed by atoms with Gasteiger partial charge in [0, 0.05) is 22.5 Å². The second-order valence-corrected chi connectivity index (χ2v) is 10.6. The summed E-state index contributed by atoms with van der Waals surface area (Å²) in [6.45, 7) is 6.45. The Balaban J connectivity index is 1.43. The Morgan fingerprint density at radius 3 is 1.26 bits per heavy atom. The fourth-order valence-corrected chi connectivity index (χ4v) is 5.15. The fourth-order valence-electron chi connectivity index (χ4n) is 5.15. The van der Waals surface area contributed by atoms with Crippen molar-refractivity contribution in [2.75, 3.05) is 4.90 Å². The van der Waals surface area contributed by atoms with Crippen LogP contribution in [0.3, 0.4) is 0 Å². The molecule has 3 heteroatoms. The van der Waals surface area contributed by atoms with Crippen molar-refractivity contribution in [2.24, 2.45) is 0 Å². The van der Waals surface area contributed by atoms with E-state index < -0.39 is 0 Å². The van der Waals surface area contributed by atoms with Crippen LogP contribution in [0.2, 0.25) is 0 Å². The molecule has 0 radical (unpaired) electrons. The van der Waals surface area contributed by atoms with Crippen LogP contribution < -0.4 is 4.90 Å². The molecule has 0 bridgehead atoms. The van der Waals surface area contributed by atoms with Crippen LogP contribution in [0.4, 0.5) is 17.1 Å². The first-order valence-electron chi connectivity index (χ1n) is 13.4. The summed E-state index contributed by atoms with van der Waals surface area (Å²) < 4.78 is 0. The molecule has 2 N–H and O–H groups in total. The maximum Gasteiger partial charge on any atom is 0.115 e. The molecule has 196 valence electrons.